The number of hydrogen-bond donors (Lipinski definition) is 2. The average molecular weight is 300 g/mol. The largest absolute Gasteiger partial charge is 0.408 e. The Morgan fingerprint density at radius 3 is 2.63 bits per heavy atom. The van der Waals surface area contributed by atoms with E-state index in [1.54, 1.807) is 7.05 Å². The number of nitrogens with one attached hydrogen (secondary N) is 2. The molecule has 1 aromatic rings. The summed E-state index contributed by atoms with van der Waals surface area (Å²) in [4.78, 5) is -0.277. The molecule has 10 heteroatoms. The van der Waals surface area contributed by atoms with Crippen molar-refractivity contribution in [2.75, 3.05) is 20.1 Å². The van der Waals surface area contributed by atoms with Crippen molar-refractivity contribution in [1.29, 1.82) is 0 Å². The van der Waals surface area contributed by atoms with Gasteiger partial charge in [-0.1, -0.05) is 0 Å². The molecule has 0 bridgehead atoms. The molecular formula is C9H15F3N4O2S. The Labute approximate surface area is 109 Å². The summed E-state index contributed by atoms with van der Waals surface area (Å²) in [5.74, 6) is 0. The molecule has 0 aromatic carbocycles. The number of halogens is 3. The van der Waals surface area contributed by atoms with Crippen LogP contribution in [-0.2, 0) is 16.6 Å². The van der Waals surface area contributed by atoms with E-state index in [0.29, 0.717) is 17.6 Å². The second kappa shape index (κ2) is 6.35. The molecule has 110 valence electrons. The van der Waals surface area contributed by atoms with Gasteiger partial charge in [-0.2, -0.15) is 18.3 Å². The van der Waals surface area contributed by atoms with Crippen molar-refractivity contribution in [3.05, 3.63) is 12.4 Å². The Bertz CT molecular complexity index is 498. The van der Waals surface area contributed by atoms with E-state index in [4.69, 9.17) is 0 Å². The number of alkyl halides is 3. The van der Waals surface area contributed by atoms with Crippen LogP contribution in [0.2, 0.25) is 0 Å². The molecule has 1 heterocycles. The van der Waals surface area contributed by atoms with Gasteiger partial charge >= 0.3 is 6.18 Å². The van der Waals surface area contributed by atoms with Gasteiger partial charge in [-0.15, -0.1) is 0 Å². The minimum atomic E-state index is -4.44. The molecule has 0 saturated heterocycles. The molecule has 1 aromatic heterocycles. The minimum Gasteiger partial charge on any atom is -0.320 e. The second-order valence-corrected chi connectivity index (χ2v) is 5.61. The summed E-state index contributed by atoms with van der Waals surface area (Å²) in [6, 6.07) is 0. The van der Waals surface area contributed by atoms with Crippen LogP contribution in [0.5, 0.6) is 0 Å². The Hall–Kier alpha value is -1.13. The van der Waals surface area contributed by atoms with Gasteiger partial charge in [-0.3, -0.25) is 4.68 Å². The third-order valence-electron chi connectivity index (χ3n) is 2.16. The number of nitrogens with zero attached hydrogens (tertiary/aromatic N) is 2. The van der Waals surface area contributed by atoms with E-state index in [2.05, 4.69) is 15.1 Å². The van der Waals surface area contributed by atoms with Crippen molar-refractivity contribution in [3.8, 4) is 0 Å². The number of aromatic nitrogens is 2. The highest BCUT2D eigenvalue weighted by molar-refractivity contribution is 7.89. The van der Waals surface area contributed by atoms with E-state index in [0.717, 1.165) is 12.4 Å². The highest BCUT2D eigenvalue weighted by Gasteiger charge is 2.29. The van der Waals surface area contributed by atoms with Gasteiger partial charge in [0, 0.05) is 12.7 Å². The van der Waals surface area contributed by atoms with Crippen LogP contribution < -0.4 is 10.0 Å². The van der Waals surface area contributed by atoms with E-state index in [1.807, 2.05) is 0 Å². The van der Waals surface area contributed by atoms with Crippen molar-refractivity contribution in [2.45, 2.75) is 24.0 Å². The maximum absolute atomic E-state index is 12.1. The zero-order valence-electron chi connectivity index (χ0n) is 10.2. The molecular weight excluding hydrogens is 285 g/mol. The van der Waals surface area contributed by atoms with E-state index in [9.17, 15) is 21.6 Å². The average Bonchev–Trinajstić information content (AvgIpc) is 2.71. The quantitative estimate of drug-likeness (QED) is 0.712. The van der Waals surface area contributed by atoms with E-state index in [1.165, 1.54) is 0 Å². The minimum absolute atomic E-state index is 0.202. The van der Waals surface area contributed by atoms with Crippen molar-refractivity contribution in [1.82, 2.24) is 19.8 Å². The third kappa shape index (κ3) is 5.57. The Morgan fingerprint density at radius 1 is 1.37 bits per heavy atom. The van der Waals surface area contributed by atoms with Gasteiger partial charge in [0.25, 0.3) is 0 Å². The number of rotatable bonds is 7. The first-order valence-corrected chi connectivity index (χ1v) is 6.96. The summed E-state index contributed by atoms with van der Waals surface area (Å²) < 4.78 is 62.5. The van der Waals surface area contributed by atoms with Gasteiger partial charge in [0.2, 0.25) is 10.0 Å². The summed E-state index contributed by atoms with van der Waals surface area (Å²) >= 11 is 0. The van der Waals surface area contributed by atoms with Crippen LogP contribution in [0.25, 0.3) is 0 Å². The molecule has 0 amide bonds. The lowest BCUT2D eigenvalue weighted by Gasteiger charge is -2.06. The maximum atomic E-state index is 12.1. The van der Waals surface area contributed by atoms with E-state index in [-0.39, 0.29) is 11.4 Å². The molecule has 2 N–H and O–H groups in total. The molecule has 0 aliphatic rings. The molecule has 0 radical (unpaired) electrons. The van der Waals surface area contributed by atoms with Gasteiger partial charge < -0.3 is 5.32 Å². The lowest BCUT2D eigenvalue weighted by atomic mass is 10.4. The van der Waals surface area contributed by atoms with Crippen LogP contribution in [0.4, 0.5) is 13.2 Å². The monoisotopic (exact) mass is 300 g/mol. The van der Waals surface area contributed by atoms with Crippen LogP contribution in [0.15, 0.2) is 17.3 Å². The van der Waals surface area contributed by atoms with Gasteiger partial charge in [0.15, 0.2) is 0 Å². The van der Waals surface area contributed by atoms with Gasteiger partial charge in [-0.05, 0) is 20.0 Å². The van der Waals surface area contributed by atoms with Crippen LogP contribution in [0.3, 0.4) is 0 Å². The molecule has 1 rings (SSSR count). The van der Waals surface area contributed by atoms with Crippen molar-refractivity contribution in [2.24, 2.45) is 0 Å². The lowest BCUT2D eigenvalue weighted by Crippen LogP contribution is -2.26. The summed E-state index contributed by atoms with van der Waals surface area (Å²) in [5, 5.41) is 6.22. The van der Waals surface area contributed by atoms with Gasteiger partial charge in [0.1, 0.15) is 11.4 Å². The molecule has 0 atom stereocenters. The van der Waals surface area contributed by atoms with E-state index >= 15 is 0 Å². The fourth-order valence-corrected chi connectivity index (χ4v) is 2.33. The summed E-state index contributed by atoms with van der Waals surface area (Å²) in [6.07, 6.45) is -2.11. The summed E-state index contributed by atoms with van der Waals surface area (Å²) in [6.45, 7) is -0.480. The maximum Gasteiger partial charge on any atom is 0.408 e. The Morgan fingerprint density at radius 2 is 2.05 bits per heavy atom. The lowest BCUT2D eigenvalue weighted by molar-refractivity contribution is -0.142. The normalized spacial score (nSPS) is 12.8. The predicted octanol–water partition coefficient (Wildman–Crippen LogP) is 0.333. The van der Waals surface area contributed by atoms with Crippen molar-refractivity contribution >= 4 is 10.0 Å². The van der Waals surface area contributed by atoms with E-state index < -0.39 is 22.7 Å². The molecule has 0 fully saturated rings. The predicted molar refractivity (Wildman–Crippen MR) is 62.0 cm³/mol. The van der Waals surface area contributed by atoms with Crippen LogP contribution in [-0.4, -0.2) is 44.5 Å². The highest BCUT2D eigenvalue weighted by Crippen LogP contribution is 2.18. The SMILES string of the molecule is CNCCCNS(=O)(=O)c1cnn(CC(F)(F)F)c1. The van der Waals surface area contributed by atoms with Gasteiger partial charge in [-0.25, -0.2) is 13.1 Å². The molecule has 0 saturated carbocycles. The number of sulfonamides is 1. The number of hydrogen-bond acceptors (Lipinski definition) is 4. The molecule has 6 nitrogen and oxygen atoms in total. The molecule has 0 unspecified atom stereocenters. The Balaban J connectivity index is 2.64. The molecule has 0 aliphatic carbocycles. The first kappa shape index (κ1) is 15.9. The fraction of sp³-hybridized carbons (Fsp3) is 0.667. The Kier molecular flexibility index (Phi) is 5.32. The van der Waals surface area contributed by atoms with Crippen LogP contribution >= 0.6 is 0 Å². The van der Waals surface area contributed by atoms with Gasteiger partial charge in [0.05, 0.1) is 6.20 Å². The smallest absolute Gasteiger partial charge is 0.320 e. The van der Waals surface area contributed by atoms with Crippen molar-refractivity contribution in [3.63, 3.8) is 0 Å². The van der Waals surface area contributed by atoms with Crippen LogP contribution in [0, 0.1) is 0 Å². The zero-order valence-corrected chi connectivity index (χ0v) is 11.1. The highest BCUT2D eigenvalue weighted by atomic mass is 32.2. The molecule has 0 aliphatic heterocycles. The fourth-order valence-electron chi connectivity index (χ4n) is 1.31. The standard InChI is InChI=1S/C9H15F3N4O2S/c1-13-3-2-4-15-19(17,18)8-5-14-16(6-8)7-9(10,11)12/h5-6,13,15H,2-4,7H2,1H3. The topological polar surface area (TPSA) is 76.0 Å². The summed E-state index contributed by atoms with van der Waals surface area (Å²) in [5.41, 5.74) is 0. The first-order chi connectivity index (χ1) is 8.74. The van der Waals surface area contributed by atoms with Crippen LogP contribution in [0.1, 0.15) is 6.42 Å². The third-order valence-corrected chi connectivity index (χ3v) is 3.57. The summed E-state index contributed by atoms with van der Waals surface area (Å²) in [7, 11) is -2.07. The second-order valence-electron chi connectivity index (χ2n) is 3.84. The zero-order chi connectivity index (χ0) is 14.5. The molecule has 0 spiro atoms. The van der Waals surface area contributed by atoms with Crippen molar-refractivity contribution < 1.29 is 21.6 Å². The molecule has 19 heavy (non-hydrogen) atoms. The first-order valence-electron chi connectivity index (χ1n) is 5.48.